The van der Waals surface area contributed by atoms with Gasteiger partial charge in [-0.25, -0.2) is 9.29 Å². The molecule has 34 heavy (non-hydrogen) atoms. The molecule has 4 rings (SSSR count). The predicted molar refractivity (Wildman–Crippen MR) is 129 cm³/mol. The van der Waals surface area contributed by atoms with Crippen LogP contribution in [0, 0.1) is 5.82 Å². The van der Waals surface area contributed by atoms with E-state index in [1.54, 1.807) is 36.4 Å². The van der Waals surface area contributed by atoms with Crippen LogP contribution in [0.2, 0.25) is 0 Å². The summed E-state index contributed by atoms with van der Waals surface area (Å²) in [5.41, 5.74) is 1.81. The lowest BCUT2D eigenvalue weighted by molar-refractivity contribution is -0.120. The number of hydrogen-bond acceptors (Lipinski definition) is 5. The minimum atomic E-state index is -0.527. The van der Waals surface area contributed by atoms with Crippen molar-refractivity contribution in [3.63, 3.8) is 0 Å². The standard InChI is InChI=1S/C27H25FN2O4/c1-3-16-34-23-7-5-6-20(17-23)29-25-24(18-8-14-22(15-9-18)33-4-2)26(31)30(27(25)32)21-12-10-19(28)11-13-21/h5-15,17,29H,3-4,16H2,1-2H3. The average molecular weight is 461 g/mol. The second-order valence-corrected chi connectivity index (χ2v) is 7.63. The molecule has 0 unspecified atom stereocenters. The predicted octanol–water partition coefficient (Wildman–Crippen LogP) is 5.41. The molecule has 6 nitrogen and oxygen atoms in total. The van der Waals surface area contributed by atoms with Gasteiger partial charge in [0.1, 0.15) is 23.0 Å². The monoisotopic (exact) mass is 460 g/mol. The van der Waals surface area contributed by atoms with E-state index in [1.165, 1.54) is 24.3 Å². The fourth-order valence-electron chi connectivity index (χ4n) is 3.65. The van der Waals surface area contributed by atoms with Gasteiger partial charge in [-0.15, -0.1) is 0 Å². The molecule has 174 valence electrons. The van der Waals surface area contributed by atoms with Crippen molar-refractivity contribution in [3.05, 3.63) is 89.9 Å². The van der Waals surface area contributed by atoms with Crippen molar-refractivity contribution in [2.24, 2.45) is 0 Å². The molecule has 0 atom stereocenters. The molecule has 0 saturated carbocycles. The van der Waals surface area contributed by atoms with Crippen molar-refractivity contribution in [3.8, 4) is 11.5 Å². The van der Waals surface area contributed by atoms with E-state index < -0.39 is 17.6 Å². The Morgan fingerprint density at radius 2 is 1.59 bits per heavy atom. The zero-order valence-electron chi connectivity index (χ0n) is 19.0. The van der Waals surface area contributed by atoms with Gasteiger partial charge in [0, 0.05) is 11.8 Å². The maximum absolute atomic E-state index is 13.5. The minimum Gasteiger partial charge on any atom is -0.494 e. The molecular weight excluding hydrogens is 435 g/mol. The number of imide groups is 1. The lowest BCUT2D eigenvalue weighted by Gasteiger charge is -2.15. The average Bonchev–Trinajstić information content (AvgIpc) is 3.08. The summed E-state index contributed by atoms with van der Waals surface area (Å²) in [5.74, 6) is -0.164. The van der Waals surface area contributed by atoms with Crippen LogP contribution in [0.5, 0.6) is 11.5 Å². The number of anilines is 2. The van der Waals surface area contributed by atoms with Crippen LogP contribution in [0.25, 0.3) is 5.57 Å². The molecule has 1 heterocycles. The van der Waals surface area contributed by atoms with Crippen molar-refractivity contribution in [2.45, 2.75) is 20.3 Å². The highest BCUT2D eigenvalue weighted by atomic mass is 19.1. The second kappa shape index (κ2) is 10.2. The van der Waals surface area contributed by atoms with E-state index in [2.05, 4.69) is 5.32 Å². The van der Waals surface area contributed by atoms with Crippen LogP contribution in [0.3, 0.4) is 0 Å². The normalized spacial score (nSPS) is 13.4. The molecule has 1 aliphatic heterocycles. The molecular formula is C27H25FN2O4. The van der Waals surface area contributed by atoms with Gasteiger partial charge in [-0.2, -0.15) is 0 Å². The Bertz CT molecular complexity index is 1220. The maximum Gasteiger partial charge on any atom is 0.282 e. The van der Waals surface area contributed by atoms with Gasteiger partial charge in [0.25, 0.3) is 11.8 Å². The molecule has 3 aromatic carbocycles. The lowest BCUT2D eigenvalue weighted by atomic mass is 10.0. The topological polar surface area (TPSA) is 67.9 Å². The van der Waals surface area contributed by atoms with Crippen LogP contribution in [0.4, 0.5) is 15.8 Å². The molecule has 2 amide bonds. The number of carbonyl (C=O) groups is 2. The molecule has 0 aliphatic carbocycles. The Morgan fingerprint density at radius 1 is 0.853 bits per heavy atom. The van der Waals surface area contributed by atoms with Crippen LogP contribution in [0.15, 0.2) is 78.5 Å². The van der Waals surface area contributed by atoms with E-state index >= 15 is 0 Å². The summed E-state index contributed by atoms with van der Waals surface area (Å²) in [4.78, 5) is 28.0. The van der Waals surface area contributed by atoms with Crippen LogP contribution < -0.4 is 19.7 Å². The number of benzene rings is 3. The molecule has 0 bridgehead atoms. The third-order valence-corrected chi connectivity index (χ3v) is 5.20. The first-order chi connectivity index (χ1) is 16.5. The van der Waals surface area contributed by atoms with Gasteiger partial charge in [-0.1, -0.05) is 25.1 Å². The molecule has 0 aromatic heterocycles. The summed E-state index contributed by atoms with van der Waals surface area (Å²) in [6, 6.07) is 19.4. The van der Waals surface area contributed by atoms with E-state index in [9.17, 15) is 14.0 Å². The molecule has 1 aliphatic rings. The second-order valence-electron chi connectivity index (χ2n) is 7.63. The van der Waals surface area contributed by atoms with Gasteiger partial charge < -0.3 is 14.8 Å². The largest absolute Gasteiger partial charge is 0.494 e. The van der Waals surface area contributed by atoms with E-state index in [0.717, 1.165) is 11.3 Å². The zero-order chi connectivity index (χ0) is 24.1. The maximum atomic E-state index is 13.5. The van der Waals surface area contributed by atoms with Crippen LogP contribution in [0.1, 0.15) is 25.8 Å². The number of ether oxygens (including phenoxy) is 2. The van der Waals surface area contributed by atoms with Gasteiger partial charge in [-0.05, 0) is 67.4 Å². The smallest absolute Gasteiger partial charge is 0.282 e. The fourth-order valence-corrected chi connectivity index (χ4v) is 3.65. The van der Waals surface area contributed by atoms with Gasteiger partial charge in [0.15, 0.2) is 0 Å². The van der Waals surface area contributed by atoms with E-state index in [-0.39, 0.29) is 17.0 Å². The summed E-state index contributed by atoms with van der Waals surface area (Å²) < 4.78 is 24.7. The molecule has 0 saturated heterocycles. The molecule has 1 N–H and O–H groups in total. The van der Waals surface area contributed by atoms with Crippen molar-refractivity contribution in [1.29, 1.82) is 0 Å². The third-order valence-electron chi connectivity index (χ3n) is 5.20. The van der Waals surface area contributed by atoms with E-state index in [1.807, 2.05) is 26.0 Å². The van der Waals surface area contributed by atoms with Gasteiger partial charge >= 0.3 is 0 Å². The number of hydrogen-bond donors (Lipinski definition) is 1. The first kappa shape index (κ1) is 23.0. The molecule has 0 spiro atoms. The summed E-state index contributed by atoms with van der Waals surface area (Å²) in [6.07, 6.45) is 0.865. The molecule has 3 aromatic rings. The van der Waals surface area contributed by atoms with Crippen molar-refractivity contribution in [2.75, 3.05) is 23.4 Å². The van der Waals surface area contributed by atoms with Crippen LogP contribution in [-0.4, -0.2) is 25.0 Å². The summed E-state index contributed by atoms with van der Waals surface area (Å²) in [6.45, 7) is 4.99. The fraction of sp³-hybridized carbons (Fsp3) is 0.185. The Hall–Kier alpha value is -4.13. The molecule has 0 radical (unpaired) electrons. The quantitative estimate of drug-likeness (QED) is 0.433. The number of nitrogens with zero attached hydrogens (tertiary/aromatic N) is 1. The first-order valence-electron chi connectivity index (χ1n) is 11.1. The number of rotatable bonds is 9. The van der Waals surface area contributed by atoms with Crippen molar-refractivity contribution in [1.82, 2.24) is 0 Å². The Morgan fingerprint density at radius 3 is 2.26 bits per heavy atom. The van der Waals surface area contributed by atoms with Gasteiger partial charge in [-0.3, -0.25) is 9.59 Å². The van der Waals surface area contributed by atoms with Crippen LogP contribution >= 0.6 is 0 Å². The Kier molecular flexibility index (Phi) is 6.92. The number of amides is 2. The first-order valence-corrected chi connectivity index (χ1v) is 11.1. The van der Waals surface area contributed by atoms with E-state index in [0.29, 0.717) is 36.0 Å². The highest BCUT2D eigenvalue weighted by Gasteiger charge is 2.40. The van der Waals surface area contributed by atoms with Gasteiger partial charge in [0.2, 0.25) is 0 Å². The van der Waals surface area contributed by atoms with E-state index in [4.69, 9.17) is 9.47 Å². The number of halogens is 1. The minimum absolute atomic E-state index is 0.131. The summed E-state index contributed by atoms with van der Waals surface area (Å²) in [7, 11) is 0. The molecule has 0 fully saturated rings. The van der Waals surface area contributed by atoms with Crippen LogP contribution in [-0.2, 0) is 9.59 Å². The highest BCUT2D eigenvalue weighted by molar-refractivity contribution is 6.46. The summed E-state index contributed by atoms with van der Waals surface area (Å²) >= 11 is 0. The van der Waals surface area contributed by atoms with Crippen molar-refractivity contribution >= 4 is 28.8 Å². The summed E-state index contributed by atoms with van der Waals surface area (Å²) in [5, 5.41) is 3.12. The number of carbonyl (C=O) groups excluding carboxylic acids is 2. The molecule has 7 heteroatoms. The SMILES string of the molecule is CCCOc1cccc(NC2=C(c3ccc(OCC)cc3)C(=O)N(c3ccc(F)cc3)C2=O)c1. The highest BCUT2D eigenvalue weighted by Crippen LogP contribution is 2.35. The number of nitrogens with one attached hydrogen (secondary N) is 1. The Balaban J connectivity index is 1.74. The third kappa shape index (κ3) is 4.78. The van der Waals surface area contributed by atoms with Crippen molar-refractivity contribution < 1.29 is 23.5 Å². The van der Waals surface area contributed by atoms with Gasteiger partial charge in [0.05, 0.1) is 24.5 Å². The lowest BCUT2D eigenvalue weighted by Crippen LogP contribution is -2.32. The Labute approximate surface area is 197 Å². The zero-order valence-corrected chi connectivity index (χ0v) is 19.0.